The molecule has 126 valence electrons. The van der Waals surface area contributed by atoms with Crippen molar-refractivity contribution in [3.8, 4) is 0 Å². The highest BCUT2D eigenvalue weighted by molar-refractivity contribution is 5.95. The van der Waals surface area contributed by atoms with E-state index in [1.54, 1.807) is 13.0 Å². The summed E-state index contributed by atoms with van der Waals surface area (Å²) in [4.78, 5) is 23.2. The summed E-state index contributed by atoms with van der Waals surface area (Å²) in [5, 5.41) is 11.5. The van der Waals surface area contributed by atoms with Gasteiger partial charge >= 0.3 is 12.1 Å². The maximum absolute atomic E-state index is 12.8. The molecule has 0 bridgehead atoms. The van der Waals surface area contributed by atoms with Crippen LogP contribution >= 0.6 is 0 Å². The van der Waals surface area contributed by atoms with Crippen LogP contribution < -0.4 is 5.32 Å². The number of alkyl halides is 3. The maximum Gasteiger partial charge on any atom is 0.391 e. The molecule has 1 aliphatic rings. The number of carboxylic acids is 1. The largest absolute Gasteiger partial charge is 0.478 e. The molecule has 2 N–H and O–H groups in total. The van der Waals surface area contributed by atoms with Crippen molar-refractivity contribution in [3.63, 3.8) is 0 Å². The van der Waals surface area contributed by atoms with Crippen LogP contribution in [0.2, 0.25) is 0 Å². The van der Waals surface area contributed by atoms with Crippen LogP contribution in [-0.2, 0) is 4.79 Å². The minimum Gasteiger partial charge on any atom is -0.478 e. The SMILES string of the molecule is Cc1ccc(C(=O)O)cc1NC(=O)C1CCCC(C(F)(F)F)C1. The Hall–Kier alpha value is -2.05. The molecule has 2 atom stereocenters. The van der Waals surface area contributed by atoms with Gasteiger partial charge in [-0.25, -0.2) is 4.79 Å². The Morgan fingerprint density at radius 2 is 1.96 bits per heavy atom. The highest BCUT2D eigenvalue weighted by Crippen LogP contribution is 2.40. The quantitative estimate of drug-likeness (QED) is 0.881. The smallest absolute Gasteiger partial charge is 0.391 e. The molecule has 1 fully saturated rings. The van der Waals surface area contributed by atoms with E-state index in [1.165, 1.54) is 12.1 Å². The van der Waals surface area contributed by atoms with Gasteiger partial charge in [0.05, 0.1) is 11.5 Å². The lowest BCUT2D eigenvalue weighted by molar-refractivity contribution is -0.185. The average molecular weight is 329 g/mol. The Morgan fingerprint density at radius 1 is 1.26 bits per heavy atom. The lowest BCUT2D eigenvalue weighted by Crippen LogP contribution is -2.34. The summed E-state index contributed by atoms with van der Waals surface area (Å²) >= 11 is 0. The second-order valence-corrected chi connectivity index (χ2v) is 5.93. The molecule has 2 unspecified atom stereocenters. The molecule has 1 saturated carbocycles. The van der Waals surface area contributed by atoms with Crippen LogP contribution in [-0.4, -0.2) is 23.2 Å². The molecular formula is C16H18F3NO3. The van der Waals surface area contributed by atoms with Crippen molar-refractivity contribution >= 4 is 17.6 Å². The fraction of sp³-hybridized carbons (Fsp3) is 0.500. The van der Waals surface area contributed by atoms with Crippen molar-refractivity contribution in [1.29, 1.82) is 0 Å². The van der Waals surface area contributed by atoms with Crippen molar-refractivity contribution < 1.29 is 27.9 Å². The van der Waals surface area contributed by atoms with Crippen molar-refractivity contribution in [1.82, 2.24) is 0 Å². The minimum absolute atomic E-state index is 0.0164. The summed E-state index contributed by atoms with van der Waals surface area (Å²) < 4.78 is 38.4. The van der Waals surface area contributed by atoms with E-state index < -0.39 is 29.9 Å². The first-order chi connectivity index (χ1) is 10.7. The summed E-state index contributed by atoms with van der Waals surface area (Å²) in [6.45, 7) is 1.70. The Morgan fingerprint density at radius 3 is 2.57 bits per heavy atom. The molecule has 0 spiro atoms. The molecule has 4 nitrogen and oxygen atoms in total. The zero-order valence-corrected chi connectivity index (χ0v) is 12.6. The second-order valence-electron chi connectivity index (χ2n) is 5.93. The third-order valence-corrected chi connectivity index (χ3v) is 4.25. The van der Waals surface area contributed by atoms with Crippen LogP contribution in [0.15, 0.2) is 18.2 Å². The van der Waals surface area contributed by atoms with Gasteiger partial charge in [-0.05, 0) is 43.9 Å². The standard InChI is InChI=1S/C16H18F3NO3/c1-9-5-6-11(15(22)23)8-13(9)20-14(21)10-3-2-4-12(7-10)16(17,18)19/h5-6,8,10,12H,2-4,7H2,1H3,(H,20,21)(H,22,23). The van der Waals surface area contributed by atoms with Gasteiger partial charge in [-0.1, -0.05) is 12.5 Å². The van der Waals surface area contributed by atoms with Gasteiger partial charge in [0.1, 0.15) is 0 Å². The number of halogens is 3. The number of aryl methyl sites for hydroxylation is 1. The fourth-order valence-electron chi connectivity index (χ4n) is 2.85. The van der Waals surface area contributed by atoms with Gasteiger partial charge in [-0.15, -0.1) is 0 Å². The molecule has 23 heavy (non-hydrogen) atoms. The van der Waals surface area contributed by atoms with Crippen molar-refractivity contribution in [2.24, 2.45) is 11.8 Å². The second kappa shape index (κ2) is 6.60. The van der Waals surface area contributed by atoms with E-state index >= 15 is 0 Å². The highest BCUT2D eigenvalue weighted by Gasteiger charge is 2.43. The minimum atomic E-state index is -4.28. The Kier molecular flexibility index (Phi) is 4.97. The van der Waals surface area contributed by atoms with Crippen LogP contribution in [0.4, 0.5) is 18.9 Å². The number of hydrogen-bond acceptors (Lipinski definition) is 2. The van der Waals surface area contributed by atoms with Gasteiger partial charge in [0, 0.05) is 11.6 Å². The number of benzene rings is 1. The molecule has 0 radical (unpaired) electrons. The number of rotatable bonds is 3. The van der Waals surface area contributed by atoms with Crippen molar-refractivity contribution in [2.75, 3.05) is 5.32 Å². The van der Waals surface area contributed by atoms with Gasteiger partial charge in [0.25, 0.3) is 0 Å². The predicted octanol–water partition coefficient (Wildman–Crippen LogP) is 4.00. The summed E-state index contributed by atoms with van der Waals surface area (Å²) in [6.07, 6.45) is -3.67. The summed E-state index contributed by atoms with van der Waals surface area (Å²) in [5.74, 6) is -3.76. The molecular weight excluding hydrogens is 311 g/mol. The van der Waals surface area contributed by atoms with Gasteiger partial charge < -0.3 is 10.4 Å². The van der Waals surface area contributed by atoms with Crippen molar-refractivity contribution in [3.05, 3.63) is 29.3 Å². The van der Waals surface area contributed by atoms with E-state index in [2.05, 4.69) is 5.32 Å². The molecule has 1 aromatic rings. The normalized spacial score (nSPS) is 21.7. The number of carbonyl (C=O) groups excluding carboxylic acids is 1. The molecule has 1 amide bonds. The molecule has 0 heterocycles. The van der Waals surface area contributed by atoms with Crippen LogP contribution in [0.5, 0.6) is 0 Å². The molecule has 1 aromatic carbocycles. The van der Waals surface area contributed by atoms with E-state index in [0.29, 0.717) is 24.1 Å². The third-order valence-electron chi connectivity index (χ3n) is 4.25. The molecule has 7 heteroatoms. The van der Waals surface area contributed by atoms with Crippen LogP contribution in [0.25, 0.3) is 0 Å². The molecule has 1 aliphatic carbocycles. The van der Waals surface area contributed by atoms with E-state index in [1.807, 2.05) is 0 Å². The molecule has 0 aliphatic heterocycles. The topological polar surface area (TPSA) is 66.4 Å². The van der Waals surface area contributed by atoms with Gasteiger partial charge in [-0.3, -0.25) is 4.79 Å². The number of carbonyl (C=O) groups is 2. The zero-order chi connectivity index (χ0) is 17.2. The lowest BCUT2D eigenvalue weighted by Gasteiger charge is -2.29. The van der Waals surface area contributed by atoms with E-state index in [0.717, 1.165) is 0 Å². The first-order valence-electron chi connectivity index (χ1n) is 7.40. The van der Waals surface area contributed by atoms with E-state index in [9.17, 15) is 22.8 Å². The highest BCUT2D eigenvalue weighted by atomic mass is 19.4. The lowest BCUT2D eigenvalue weighted by atomic mass is 9.80. The monoisotopic (exact) mass is 329 g/mol. The Labute approximate surface area is 131 Å². The fourth-order valence-corrected chi connectivity index (χ4v) is 2.85. The van der Waals surface area contributed by atoms with Crippen LogP contribution in [0, 0.1) is 18.8 Å². The predicted molar refractivity (Wildman–Crippen MR) is 78.3 cm³/mol. The first kappa shape index (κ1) is 17.3. The summed E-state index contributed by atoms with van der Waals surface area (Å²) in [5.41, 5.74) is 0.998. The number of aromatic carboxylic acids is 1. The van der Waals surface area contributed by atoms with E-state index in [-0.39, 0.29) is 18.4 Å². The Balaban J connectivity index is 2.10. The van der Waals surface area contributed by atoms with Crippen LogP contribution in [0.1, 0.15) is 41.6 Å². The average Bonchev–Trinajstić information content (AvgIpc) is 2.48. The van der Waals surface area contributed by atoms with Crippen LogP contribution in [0.3, 0.4) is 0 Å². The van der Waals surface area contributed by atoms with E-state index in [4.69, 9.17) is 5.11 Å². The third kappa shape index (κ3) is 4.24. The van der Waals surface area contributed by atoms with Gasteiger partial charge in [0.2, 0.25) is 5.91 Å². The number of amides is 1. The summed E-state index contributed by atoms with van der Waals surface area (Å²) in [6, 6.07) is 4.28. The number of nitrogens with one attached hydrogen (secondary N) is 1. The summed E-state index contributed by atoms with van der Waals surface area (Å²) in [7, 11) is 0. The number of carboxylic acid groups (broad SMARTS) is 1. The van der Waals surface area contributed by atoms with Gasteiger partial charge in [-0.2, -0.15) is 13.2 Å². The van der Waals surface area contributed by atoms with Crippen molar-refractivity contribution in [2.45, 2.75) is 38.8 Å². The Bertz CT molecular complexity index is 613. The molecule has 2 rings (SSSR count). The van der Waals surface area contributed by atoms with Gasteiger partial charge in [0.15, 0.2) is 0 Å². The molecule has 0 aromatic heterocycles. The zero-order valence-electron chi connectivity index (χ0n) is 12.6. The number of anilines is 1. The number of hydrogen-bond donors (Lipinski definition) is 2. The first-order valence-corrected chi connectivity index (χ1v) is 7.40. The maximum atomic E-state index is 12.8. The molecule has 0 saturated heterocycles.